The van der Waals surface area contributed by atoms with Crippen LogP contribution < -0.4 is 10.6 Å². The number of carbonyl (C=O) groups is 1. The van der Waals surface area contributed by atoms with E-state index in [9.17, 15) is 4.79 Å². The van der Waals surface area contributed by atoms with Crippen molar-refractivity contribution in [3.63, 3.8) is 0 Å². The monoisotopic (exact) mass is 372 g/mol. The van der Waals surface area contributed by atoms with E-state index in [1.807, 2.05) is 10.3 Å². The molecule has 1 saturated heterocycles. The second-order valence-electron chi connectivity index (χ2n) is 6.16. The number of aromatic nitrogens is 1. The van der Waals surface area contributed by atoms with Gasteiger partial charge in [-0.3, -0.25) is 4.79 Å². The number of thiazole rings is 1. The van der Waals surface area contributed by atoms with E-state index in [1.54, 1.807) is 17.5 Å². The lowest BCUT2D eigenvalue weighted by Gasteiger charge is -2.36. The van der Waals surface area contributed by atoms with Crippen LogP contribution in [0.25, 0.3) is 10.1 Å². The van der Waals surface area contributed by atoms with Crippen molar-refractivity contribution in [2.45, 2.75) is 12.5 Å². The van der Waals surface area contributed by atoms with Crippen molar-refractivity contribution in [1.82, 2.24) is 9.88 Å². The van der Waals surface area contributed by atoms with Crippen molar-refractivity contribution in [1.29, 1.82) is 0 Å². The van der Waals surface area contributed by atoms with Crippen molar-refractivity contribution in [3.05, 3.63) is 46.2 Å². The molecule has 0 radical (unpaired) electrons. The van der Waals surface area contributed by atoms with Crippen LogP contribution in [0.1, 0.15) is 17.5 Å². The molecule has 2 aromatic heterocycles. The Morgan fingerprint density at radius 1 is 1.16 bits per heavy atom. The highest BCUT2D eigenvalue weighted by Gasteiger charge is 2.24. The fourth-order valence-electron chi connectivity index (χ4n) is 3.27. The topological polar surface area (TPSA) is 62.5 Å². The van der Waals surface area contributed by atoms with Crippen LogP contribution in [0, 0.1) is 0 Å². The smallest absolute Gasteiger partial charge is 0.224 e. The number of nitrogens with zero attached hydrogens (tertiary/aromatic N) is 3. The average Bonchev–Trinajstić information content (AvgIpc) is 3.33. The van der Waals surface area contributed by atoms with Gasteiger partial charge in [0.25, 0.3) is 0 Å². The predicted molar refractivity (Wildman–Crippen MR) is 104 cm³/mol. The average molecular weight is 373 g/mol. The van der Waals surface area contributed by atoms with Gasteiger partial charge in [-0.15, -0.1) is 22.7 Å². The summed E-state index contributed by atoms with van der Waals surface area (Å²) in [6.45, 7) is 3.19. The molecule has 5 nitrogen and oxygen atoms in total. The molecule has 0 saturated carbocycles. The summed E-state index contributed by atoms with van der Waals surface area (Å²) in [5.41, 5.74) is 7.38. The minimum Gasteiger partial charge on any atom is -0.367 e. The molecule has 2 N–H and O–H groups in total. The van der Waals surface area contributed by atoms with Gasteiger partial charge in [-0.05, 0) is 23.6 Å². The van der Waals surface area contributed by atoms with Crippen molar-refractivity contribution >= 4 is 44.4 Å². The zero-order valence-electron chi connectivity index (χ0n) is 13.8. The molecule has 25 heavy (non-hydrogen) atoms. The summed E-state index contributed by atoms with van der Waals surface area (Å²) >= 11 is 3.27. The van der Waals surface area contributed by atoms with Crippen LogP contribution in [0.5, 0.6) is 0 Å². The Hall–Kier alpha value is -1.96. The summed E-state index contributed by atoms with van der Waals surface area (Å²) in [7, 11) is 0. The molecular formula is C18H20N4OS2. The summed E-state index contributed by atoms with van der Waals surface area (Å²) in [4.78, 5) is 21.0. The summed E-state index contributed by atoms with van der Waals surface area (Å²) in [6, 6.07) is 8.32. The van der Waals surface area contributed by atoms with Gasteiger partial charge in [0, 0.05) is 60.0 Å². The lowest BCUT2D eigenvalue weighted by Crippen LogP contribution is -2.49. The number of fused-ring (bicyclic) bond motifs is 1. The molecule has 0 bridgehead atoms. The molecule has 3 heterocycles. The zero-order valence-corrected chi connectivity index (χ0v) is 15.4. The minimum absolute atomic E-state index is 0.121. The van der Waals surface area contributed by atoms with Crippen molar-refractivity contribution in [2.24, 2.45) is 5.73 Å². The maximum Gasteiger partial charge on any atom is 0.224 e. The molecule has 1 amide bonds. The summed E-state index contributed by atoms with van der Waals surface area (Å²) in [5.74, 6) is 0.121. The Morgan fingerprint density at radius 2 is 2.00 bits per heavy atom. The molecule has 1 aliphatic rings. The lowest BCUT2D eigenvalue weighted by atomic mass is 10.1. The second-order valence-corrected chi connectivity index (χ2v) is 8.03. The Labute approximate surface area is 154 Å². The van der Waals surface area contributed by atoms with Crippen LogP contribution in [0.3, 0.4) is 0 Å². The number of carbonyl (C=O) groups excluding carboxylic acids is 1. The Morgan fingerprint density at radius 3 is 2.76 bits per heavy atom. The highest BCUT2D eigenvalue weighted by Crippen LogP contribution is 2.31. The Kier molecular flexibility index (Phi) is 4.70. The molecule has 1 atom stereocenters. The summed E-state index contributed by atoms with van der Waals surface area (Å²) in [6.07, 6.45) is 2.06. The maximum atomic E-state index is 12.5. The van der Waals surface area contributed by atoms with E-state index >= 15 is 0 Å². The Balaban J connectivity index is 1.38. The third-order valence-electron chi connectivity index (χ3n) is 4.61. The van der Waals surface area contributed by atoms with E-state index in [0.29, 0.717) is 6.42 Å². The number of piperazine rings is 1. The first-order valence-electron chi connectivity index (χ1n) is 8.36. The number of hydrogen-bond acceptors (Lipinski definition) is 6. The zero-order chi connectivity index (χ0) is 17.2. The van der Waals surface area contributed by atoms with E-state index in [0.717, 1.165) is 31.2 Å². The molecule has 1 fully saturated rings. The lowest BCUT2D eigenvalue weighted by molar-refractivity contribution is -0.131. The van der Waals surface area contributed by atoms with Gasteiger partial charge in [-0.1, -0.05) is 6.07 Å². The normalized spacial score (nSPS) is 16.4. The van der Waals surface area contributed by atoms with E-state index in [-0.39, 0.29) is 11.9 Å². The van der Waals surface area contributed by atoms with E-state index in [1.165, 1.54) is 27.1 Å². The third kappa shape index (κ3) is 3.40. The maximum absolute atomic E-state index is 12.5. The SMILES string of the molecule is NC(CC(=O)N1CCN(c2cccc3sccc23)CC1)c1nccs1. The number of nitrogens with two attached hydrogens (primary N) is 1. The van der Waals surface area contributed by atoms with Crippen molar-refractivity contribution in [3.8, 4) is 0 Å². The van der Waals surface area contributed by atoms with E-state index < -0.39 is 0 Å². The van der Waals surface area contributed by atoms with Gasteiger partial charge in [-0.25, -0.2) is 4.98 Å². The second kappa shape index (κ2) is 7.11. The molecule has 3 aromatic rings. The van der Waals surface area contributed by atoms with Crippen LogP contribution in [-0.2, 0) is 4.79 Å². The van der Waals surface area contributed by atoms with Gasteiger partial charge in [-0.2, -0.15) is 0 Å². The first kappa shape index (κ1) is 16.5. The molecule has 1 aliphatic heterocycles. The van der Waals surface area contributed by atoms with Gasteiger partial charge >= 0.3 is 0 Å². The highest BCUT2D eigenvalue weighted by atomic mass is 32.1. The van der Waals surface area contributed by atoms with Crippen molar-refractivity contribution in [2.75, 3.05) is 31.1 Å². The molecule has 1 unspecified atom stereocenters. The standard InChI is InChI=1S/C18H20N4OS2/c19-14(18-20-5-11-25-18)12-17(23)22-8-6-21(7-9-22)15-2-1-3-16-13(15)4-10-24-16/h1-5,10-11,14H,6-9,12,19H2. The number of benzene rings is 1. The van der Waals surface area contributed by atoms with Crippen LogP contribution in [0.15, 0.2) is 41.2 Å². The molecular weight excluding hydrogens is 352 g/mol. The predicted octanol–water partition coefficient (Wildman–Crippen LogP) is 3.10. The van der Waals surface area contributed by atoms with E-state index in [2.05, 4.69) is 39.5 Å². The van der Waals surface area contributed by atoms with Gasteiger partial charge in [0.1, 0.15) is 5.01 Å². The number of thiophene rings is 1. The van der Waals surface area contributed by atoms with Crippen LogP contribution in [0.2, 0.25) is 0 Å². The summed E-state index contributed by atoms with van der Waals surface area (Å²) < 4.78 is 1.31. The van der Waals surface area contributed by atoms with E-state index in [4.69, 9.17) is 5.73 Å². The number of rotatable bonds is 4. The first-order chi connectivity index (χ1) is 12.2. The quantitative estimate of drug-likeness (QED) is 0.764. The third-order valence-corrected chi connectivity index (χ3v) is 6.40. The molecule has 0 aliphatic carbocycles. The van der Waals surface area contributed by atoms with Crippen LogP contribution in [-0.4, -0.2) is 42.0 Å². The highest BCUT2D eigenvalue weighted by molar-refractivity contribution is 7.17. The van der Waals surface area contributed by atoms with Gasteiger partial charge in [0.05, 0.1) is 6.04 Å². The van der Waals surface area contributed by atoms with Gasteiger partial charge in [0.15, 0.2) is 0 Å². The molecule has 1 aromatic carbocycles. The largest absolute Gasteiger partial charge is 0.367 e. The van der Waals surface area contributed by atoms with Crippen LogP contribution >= 0.6 is 22.7 Å². The number of hydrogen-bond donors (Lipinski definition) is 1. The van der Waals surface area contributed by atoms with Gasteiger partial charge < -0.3 is 15.5 Å². The van der Waals surface area contributed by atoms with Gasteiger partial charge in [0.2, 0.25) is 5.91 Å². The Bertz CT molecular complexity index is 853. The minimum atomic E-state index is -0.301. The summed E-state index contributed by atoms with van der Waals surface area (Å²) in [5, 5.41) is 6.16. The molecule has 4 rings (SSSR count). The number of amides is 1. The van der Waals surface area contributed by atoms with Crippen molar-refractivity contribution < 1.29 is 4.79 Å². The fourth-order valence-corrected chi connectivity index (χ4v) is 4.72. The first-order valence-corrected chi connectivity index (χ1v) is 10.1. The number of anilines is 1. The molecule has 0 spiro atoms. The van der Waals surface area contributed by atoms with Crippen LogP contribution in [0.4, 0.5) is 5.69 Å². The molecule has 7 heteroatoms. The fraction of sp³-hybridized carbons (Fsp3) is 0.333. The molecule has 130 valence electrons.